The molecule has 0 saturated carbocycles. The Hall–Kier alpha value is -2.30. The van der Waals surface area contributed by atoms with Crippen molar-refractivity contribution in [2.75, 3.05) is 12.4 Å². The van der Waals surface area contributed by atoms with Crippen LogP contribution >= 0.6 is 0 Å². The van der Waals surface area contributed by atoms with E-state index in [1.807, 2.05) is 32.9 Å². The number of nitrogens with zero attached hydrogens (tertiary/aromatic N) is 1. The van der Waals surface area contributed by atoms with Crippen molar-refractivity contribution in [3.05, 3.63) is 46.3 Å². The molecule has 0 bridgehead atoms. The largest absolute Gasteiger partial charge is 0.465 e. The van der Waals surface area contributed by atoms with Crippen molar-refractivity contribution in [3.63, 3.8) is 0 Å². The van der Waals surface area contributed by atoms with Crippen LogP contribution in [0, 0.1) is 20.8 Å². The fourth-order valence-corrected chi connectivity index (χ4v) is 2.04. The zero-order chi connectivity index (χ0) is 14.7. The fourth-order valence-electron chi connectivity index (χ4n) is 2.04. The first-order valence-electron chi connectivity index (χ1n) is 6.37. The summed E-state index contributed by atoms with van der Waals surface area (Å²) in [7, 11) is 1.38. The molecule has 0 amide bonds. The molecule has 0 unspecified atom stereocenters. The van der Waals surface area contributed by atoms with Crippen LogP contribution in [0.15, 0.2) is 22.7 Å². The molecule has 0 aliphatic heterocycles. The van der Waals surface area contributed by atoms with E-state index in [-0.39, 0.29) is 5.97 Å². The van der Waals surface area contributed by atoms with E-state index in [1.54, 1.807) is 6.07 Å². The second-order valence-corrected chi connectivity index (χ2v) is 4.68. The highest BCUT2D eigenvalue weighted by atomic mass is 16.5. The summed E-state index contributed by atoms with van der Waals surface area (Å²) in [6.45, 7) is 6.40. The average Bonchev–Trinajstić information content (AvgIpc) is 2.76. The molecule has 1 aromatic heterocycles. The van der Waals surface area contributed by atoms with Gasteiger partial charge in [-0.3, -0.25) is 0 Å². The molecule has 0 spiro atoms. The van der Waals surface area contributed by atoms with Crippen LogP contribution in [-0.4, -0.2) is 18.2 Å². The molecule has 1 heterocycles. The van der Waals surface area contributed by atoms with Crippen molar-refractivity contribution in [2.45, 2.75) is 27.3 Å². The van der Waals surface area contributed by atoms with Gasteiger partial charge in [0.25, 0.3) is 0 Å². The smallest absolute Gasteiger partial charge is 0.337 e. The summed E-state index contributed by atoms with van der Waals surface area (Å²) in [6, 6.07) is 5.43. The van der Waals surface area contributed by atoms with Gasteiger partial charge in [0.1, 0.15) is 5.76 Å². The van der Waals surface area contributed by atoms with E-state index < -0.39 is 0 Å². The molecule has 0 fully saturated rings. The Bertz CT molecular complexity index is 613. The van der Waals surface area contributed by atoms with Gasteiger partial charge in [-0.05, 0) is 44.5 Å². The second kappa shape index (κ2) is 5.77. The first-order chi connectivity index (χ1) is 9.52. The third-order valence-corrected chi connectivity index (χ3v) is 3.28. The first kappa shape index (κ1) is 14.1. The van der Waals surface area contributed by atoms with E-state index in [9.17, 15) is 4.79 Å². The van der Waals surface area contributed by atoms with Crippen LogP contribution in [0.25, 0.3) is 0 Å². The number of aromatic nitrogens is 1. The zero-order valence-corrected chi connectivity index (χ0v) is 12.1. The summed E-state index contributed by atoms with van der Waals surface area (Å²) in [4.78, 5) is 11.4. The minimum absolute atomic E-state index is 0.328. The van der Waals surface area contributed by atoms with Gasteiger partial charge >= 0.3 is 5.97 Å². The number of hydrogen-bond donors (Lipinski definition) is 1. The predicted molar refractivity (Wildman–Crippen MR) is 75.8 cm³/mol. The summed E-state index contributed by atoms with van der Waals surface area (Å²) >= 11 is 0. The monoisotopic (exact) mass is 274 g/mol. The summed E-state index contributed by atoms with van der Waals surface area (Å²) in [5.74, 6) is 0.490. The molecule has 1 aromatic carbocycles. The van der Waals surface area contributed by atoms with E-state index in [2.05, 4.69) is 10.5 Å². The average molecular weight is 274 g/mol. The van der Waals surface area contributed by atoms with E-state index in [1.165, 1.54) is 7.11 Å². The number of benzene rings is 1. The molecule has 20 heavy (non-hydrogen) atoms. The van der Waals surface area contributed by atoms with Crippen molar-refractivity contribution in [3.8, 4) is 0 Å². The lowest BCUT2D eigenvalue weighted by molar-refractivity contribution is 0.0600. The van der Waals surface area contributed by atoms with Crippen molar-refractivity contribution >= 4 is 11.7 Å². The normalized spacial score (nSPS) is 10.4. The molecule has 106 valence electrons. The maximum Gasteiger partial charge on any atom is 0.337 e. The van der Waals surface area contributed by atoms with Gasteiger partial charge < -0.3 is 14.6 Å². The van der Waals surface area contributed by atoms with Crippen LogP contribution < -0.4 is 5.32 Å². The third-order valence-electron chi connectivity index (χ3n) is 3.28. The number of rotatable bonds is 4. The molecule has 5 nitrogen and oxygen atoms in total. The minimum atomic E-state index is -0.328. The second-order valence-electron chi connectivity index (χ2n) is 4.68. The molecule has 0 radical (unpaired) electrons. The molecule has 0 aliphatic carbocycles. The molecule has 0 saturated heterocycles. The Labute approximate surface area is 117 Å². The highest BCUT2D eigenvalue weighted by Crippen LogP contribution is 2.20. The highest BCUT2D eigenvalue weighted by Gasteiger charge is 2.10. The molecular formula is C15H18N2O3. The molecule has 1 N–H and O–H groups in total. The van der Waals surface area contributed by atoms with Gasteiger partial charge in [-0.1, -0.05) is 5.16 Å². The van der Waals surface area contributed by atoms with Gasteiger partial charge in [0, 0.05) is 17.8 Å². The highest BCUT2D eigenvalue weighted by molar-refractivity contribution is 5.90. The van der Waals surface area contributed by atoms with Gasteiger partial charge in [-0.25, -0.2) is 4.79 Å². The number of nitrogens with one attached hydrogen (secondary N) is 1. The van der Waals surface area contributed by atoms with Gasteiger partial charge in [-0.15, -0.1) is 0 Å². The predicted octanol–water partition coefficient (Wildman–Crippen LogP) is 3.00. The van der Waals surface area contributed by atoms with Gasteiger partial charge in [0.05, 0.1) is 18.4 Å². The number of anilines is 1. The number of ether oxygens (including phenoxy) is 1. The maximum absolute atomic E-state index is 11.4. The summed E-state index contributed by atoms with van der Waals surface area (Å²) in [5.41, 5.74) is 4.45. The fraction of sp³-hybridized carbons (Fsp3) is 0.333. The Balaban J connectivity index is 2.13. The number of hydrogen-bond acceptors (Lipinski definition) is 5. The van der Waals surface area contributed by atoms with E-state index in [4.69, 9.17) is 9.26 Å². The Kier molecular flexibility index (Phi) is 4.08. The van der Waals surface area contributed by atoms with Gasteiger partial charge in [0.2, 0.25) is 0 Å². The van der Waals surface area contributed by atoms with Crippen LogP contribution in [-0.2, 0) is 11.3 Å². The summed E-state index contributed by atoms with van der Waals surface area (Å²) in [5, 5.41) is 7.25. The third kappa shape index (κ3) is 2.82. The molecule has 0 atom stereocenters. The van der Waals surface area contributed by atoms with Crippen LogP contribution in [0.5, 0.6) is 0 Å². The lowest BCUT2D eigenvalue weighted by Gasteiger charge is -2.10. The van der Waals surface area contributed by atoms with Crippen molar-refractivity contribution in [2.24, 2.45) is 0 Å². The maximum atomic E-state index is 11.4. The van der Waals surface area contributed by atoms with Crippen molar-refractivity contribution in [1.29, 1.82) is 0 Å². The quantitative estimate of drug-likeness (QED) is 0.868. The lowest BCUT2D eigenvalue weighted by atomic mass is 10.1. The standard InChI is InChI=1S/C15H18N2O3/c1-9-7-12(15(18)19-4)5-6-14(9)16-8-13-10(2)17-20-11(13)3/h5-7,16H,8H2,1-4H3. The first-order valence-corrected chi connectivity index (χ1v) is 6.37. The van der Waals surface area contributed by atoms with E-state index >= 15 is 0 Å². The number of carbonyl (C=O) groups is 1. The Morgan fingerprint density at radius 1 is 1.35 bits per heavy atom. The van der Waals surface area contributed by atoms with Gasteiger partial charge in [0.15, 0.2) is 0 Å². The number of aryl methyl sites for hydroxylation is 3. The molecule has 0 aliphatic rings. The Morgan fingerprint density at radius 2 is 2.10 bits per heavy atom. The number of methoxy groups -OCH3 is 1. The lowest BCUT2D eigenvalue weighted by Crippen LogP contribution is -2.05. The minimum Gasteiger partial charge on any atom is -0.465 e. The molecule has 2 rings (SSSR count). The van der Waals surface area contributed by atoms with Crippen LogP contribution in [0.3, 0.4) is 0 Å². The van der Waals surface area contributed by atoms with Crippen molar-refractivity contribution in [1.82, 2.24) is 5.16 Å². The SMILES string of the molecule is COC(=O)c1ccc(NCc2c(C)noc2C)c(C)c1. The molecular weight excluding hydrogens is 256 g/mol. The van der Waals surface area contributed by atoms with E-state index in [0.717, 1.165) is 28.3 Å². The molecule has 2 aromatic rings. The number of esters is 1. The van der Waals surface area contributed by atoms with Gasteiger partial charge in [-0.2, -0.15) is 0 Å². The van der Waals surface area contributed by atoms with Crippen LogP contribution in [0.1, 0.15) is 32.9 Å². The topological polar surface area (TPSA) is 64.4 Å². The number of carbonyl (C=O) groups excluding carboxylic acids is 1. The van der Waals surface area contributed by atoms with Crippen LogP contribution in [0.4, 0.5) is 5.69 Å². The zero-order valence-electron chi connectivity index (χ0n) is 12.1. The summed E-state index contributed by atoms with van der Waals surface area (Å²) in [6.07, 6.45) is 0. The van der Waals surface area contributed by atoms with E-state index in [0.29, 0.717) is 12.1 Å². The molecule has 5 heteroatoms. The van der Waals surface area contributed by atoms with Crippen molar-refractivity contribution < 1.29 is 14.1 Å². The summed E-state index contributed by atoms with van der Waals surface area (Å²) < 4.78 is 9.83. The Morgan fingerprint density at radius 3 is 2.65 bits per heavy atom. The van der Waals surface area contributed by atoms with Crippen LogP contribution in [0.2, 0.25) is 0 Å².